The van der Waals surface area contributed by atoms with Gasteiger partial charge in [-0.3, -0.25) is 0 Å². The van der Waals surface area contributed by atoms with Crippen molar-refractivity contribution in [3.05, 3.63) is 29.8 Å². The van der Waals surface area contributed by atoms with Crippen molar-refractivity contribution in [2.45, 2.75) is 33.2 Å². The Morgan fingerprint density at radius 3 is 2.83 bits per heavy atom. The van der Waals surface area contributed by atoms with Crippen LogP contribution in [0.25, 0.3) is 0 Å². The van der Waals surface area contributed by atoms with Crippen LogP contribution >= 0.6 is 0 Å². The van der Waals surface area contributed by atoms with Crippen LogP contribution in [0, 0.1) is 18.3 Å². The van der Waals surface area contributed by atoms with Crippen molar-refractivity contribution in [3.8, 4) is 18.1 Å². The number of hydrogen-bond acceptors (Lipinski definition) is 2. The van der Waals surface area contributed by atoms with Gasteiger partial charge in [-0.05, 0) is 31.4 Å². The van der Waals surface area contributed by atoms with E-state index in [2.05, 4.69) is 31.2 Å². The van der Waals surface area contributed by atoms with Gasteiger partial charge in [-0.1, -0.05) is 38.0 Å². The highest BCUT2D eigenvalue weighted by molar-refractivity contribution is 5.33. The smallest absolute Gasteiger partial charge is 0.148 e. The Kier molecular flexibility index (Phi) is 6.98. The van der Waals surface area contributed by atoms with E-state index in [0.717, 1.165) is 30.3 Å². The molecule has 0 saturated heterocycles. The molecule has 1 N–H and O–H groups in total. The first kappa shape index (κ1) is 14.6. The lowest BCUT2D eigenvalue weighted by Crippen LogP contribution is -2.16. The molecule has 0 atom stereocenters. The average molecular weight is 245 g/mol. The van der Waals surface area contributed by atoms with Crippen LogP contribution in [-0.4, -0.2) is 13.2 Å². The van der Waals surface area contributed by atoms with E-state index in [1.165, 1.54) is 12.8 Å². The van der Waals surface area contributed by atoms with Gasteiger partial charge < -0.3 is 10.1 Å². The van der Waals surface area contributed by atoms with E-state index in [1.54, 1.807) is 0 Å². The zero-order chi connectivity index (χ0) is 13.2. The fourth-order valence-electron chi connectivity index (χ4n) is 1.77. The maximum atomic E-state index is 5.51. The lowest BCUT2D eigenvalue weighted by Gasteiger charge is -2.11. The predicted molar refractivity (Wildman–Crippen MR) is 76.5 cm³/mol. The zero-order valence-corrected chi connectivity index (χ0v) is 11.4. The Morgan fingerprint density at radius 2 is 2.11 bits per heavy atom. The van der Waals surface area contributed by atoms with Crippen LogP contribution in [0.1, 0.15) is 32.3 Å². The van der Waals surface area contributed by atoms with Gasteiger partial charge in [-0.2, -0.15) is 0 Å². The lowest BCUT2D eigenvalue weighted by atomic mass is 10.1. The number of benzene rings is 1. The molecule has 2 heteroatoms. The van der Waals surface area contributed by atoms with Gasteiger partial charge in [0, 0.05) is 12.1 Å². The summed E-state index contributed by atoms with van der Waals surface area (Å²) in [6.07, 6.45) is 7.68. The minimum Gasteiger partial charge on any atom is -0.481 e. The Bertz CT molecular complexity index is 379. The largest absolute Gasteiger partial charge is 0.481 e. The van der Waals surface area contributed by atoms with Crippen LogP contribution in [-0.2, 0) is 6.54 Å². The molecule has 0 aliphatic carbocycles. The van der Waals surface area contributed by atoms with Crippen molar-refractivity contribution in [2.75, 3.05) is 13.2 Å². The molecule has 18 heavy (non-hydrogen) atoms. The lowest BCUT2D eigenvalue weighted by molar-refractivity contribution is 0.364. The molecule has 1 rings (SSSR count). The number of rotatable bonds is 8. The number of para-hydroxylation sites is 1. The fraction of sp³-hybridized carbons (Fsp3) is 0.500. The van der Waals surface area contributed by atoms with E-state index >= 15 is 0 Å². The van der Waals surface area contributed by atoms with Crippen LogP contribution in [0.5, 0.6) is 5.75 Å². The summed E-state index contributed by atoms with van der Waals surface area (Å²) < 4.78 is 5.51. The summed E-state index contributed by atoms with van der Waals surface area (Å²) in [4.78, 5) is 0. The van der Waals surface area contributed by atoms with Crippen LogP contribution in [0.3, 0.4) is 0 Å². The number of terminal acetylenes is 1. The summed E-state index contributed by atoms with van der Waals surface area (Å²) in [6, 6.07) is 8.02. The quantitative estimate of drug-likeness (QED) is 0.561. The van der Waals surface area contributed by atoms with E-state index in [4.69, 9.17) is 11.2 Å². The van der Waals surface area contributed by atoms with Gasteiger partial charge in [0.1, 0.15) is 12.4 Å². The van der Waals surface area contributed by atoms with Crippen LogP contribution in [0.15, 0.2) is 24.3 Å². The van der Waals surface area contributed by atoms with Gasteiger partial charge in [0.15, 0.2) is 0 Å². The van der Waals surface area contributed by atoms with Crippen molar-refractivity contribution < 1.29 is 4.74 Å². The molecule has 1 aromatic carbocycles. The molecule has 0 saturated carbocycles. The summed E-state index contributed by atoms with van der Waals surface area (Å²) in [7, 11) is 0. The second kappa shape index (κ2) is 8.60. The highest BCUT2D eigenvalue weighted by Gasteiger charge is 2.01. The summed E-state index contributed by atoms with van der Waals surface area (Å²) in [5.41, 5.74) is 1.16. The summed E-state index contributed by atoms with van der Waals surface area (Å²) in [6.45, 7) is 6.71. The van der Waals surface area contributed by atoms with Crippen molar-refractivity contribution in [3.63, 3.8) is 0 Å². The summed E-state index contributed by atoms with van der Waals surface area (Å²) >= 11 is 0. The molecule has 0 fully saturated rings. The van der Waals surface area contributed by atoms with Gasteiger partial charge in [0.2, 0.25) is 0 Å². The Labute approximate surface area is 111 Å². The molecular weight excluding hydrogens is 222 g/mol. The summed E-state index contributed by atoms with van der Waals surface area (Å²) in [5, 5.41) is 3.44. The second-order valence-electron chi connectivity index (χ2n) is 4.81. The standard InChI is InChI=1S/C16H23NO/c1-4-12-18-16-10-6-5-9-15(16)13-17-11-7-8-14(2)3/h1,5-6,9-10,14,17H,7-8,11-13H2,2-3H3. The third kappa shape index (κ3) is 5.75. The first-order chi connectivity index (χ1) is 8.74. The summed E-state index contributed by atoms with van der Waals surface area (Å²) in [5.74, 6) is 4.15. The molecule has 98 valence electrons. The molecule has 0 aromatic heterocycles. The second-order valence-corrected chi connectivity index (χ2v) is 4.81. The average Bonchev–Trinajstić information content (AvgIpc) is 2.36. The molecule has 0 aliphatic rings. The molecule has 0 aliphatic heterocycles. The normalized spacial score (nSPS) is 10.3. The van der Waals surface area contributed by atoms with Gasteiger partial charge in [-0.25, -0.2) is 0 Å². The van der Waals surface area contributed by atoms with E-state index in [-0.39, 0.29) is 0 Å². The van der Waals surface area contributed by atoms with Crippen LogP contribution in [0.2, 0.25) is 0 Å². The molecule has 0 heterocycles. The van der Waals surface area contributed by atoms with Crippen molar-refractivity contribution in [1.29, 1.82) is 0 Å². The van der Waals surface area contributed by atoms with Crippen LogP contribution < -0.4 is 10.1 Å². The van der Waals surface area contributed by atoms with E-state index in [9.17, 15) is 0 Å². The van der Waals surface area contributed by atoms with Gasteiger partial charge in [0.25, 0.3) is 0 Å². The van der Waals surface area contributed by atoms with Crippen molar-refractivity contribution >= 4 is 0 Å². The van der Waals surface area contributed by atoms with Crippen LogP contribution in [0.4, 0.5) is 0 Å². The maximum absolute atomic E-state index is 5.51. The first-order valence-corrected chi connectivity index (χ1v) is 6.59. The molecule has 0 amide bonds. The van der Waals surface area contributed by atoms with Crippen molar-refractivity contribution in [1.82, 2.24) is 5.32 Å². The minimum absolute atomic E-state index is 0.324. The Hall–Kier alpha value is -1.46. The molecule has 0 unspecified atom stereocenters. The third-order valence-electron chi connectivity index (χ3n) is 2.73. The number of hydrogen-bond donors (Lipinski definition) is 1. The van der Waals surface area contributed by atoms with E-state index in [1.807, 2.05) is 18.2 Å². The van der Waals surface area contributed by atoms with Gasteiger partial charge >= 0.3 is 0 Å². The Balaban J connectivity index is 2.35. The minimum atomic E-state index is 0.324. The highest BCUT2D eigenvalue weighted by Crippen LogP contribution is 2.17. The topological polar surface area (TPSA) is 21.3 Å². The first-order valence-electron chi connectivity index (χ1n) is 6.59. The van der Waals surface area contributed by atoms with E-state index in [0.29, 0.717) is 6.61 Å². The van der Waals surface area contributed by atoms with E-state index < -0.39 is 0 Å². The molecule has 0 radical (unpaired) electrons. The van der Waals surface area contributed by atoms with Crippen molar-refractivity contribution in [2.24, 2.45) is 5.92 Å². The maximum Gasteiger partial charge on any atom is 0.148 e. The highest BCUT2D eigenvalue weighted by atomic mass is 16.5. The fourth-order valence-corrected chi connectivity index (χ4v) is 1.77. The number of nitrogens with one attached hydrogen (secondary N) is 1. The SMILES string of the molecule is C#CCOc1ccccc1CNCCCC(C)C. The zero-order valence-electron chi connectivity index (χ0n) is 11.4. The van der Waals surface area contributed by atoms with Gasteiger partial charge in [0.05, 0.1) is 0 Å². The monoisotopic (exact) mass is 245 g/mol. The molecular formula is C16H23NO. The number of ether oxygens (including phenoxy) is 1. The third-order valence-corrected chi connectivity index (χ3v) is 2.73. The Morgan fingerprint density at radius 1 is 1.33 bits per heavy atom. The molecule has 0 bridgehead atoms. The van der Waals surface area contributed by atoms with Gasteiger partial charge in [-0.15, -0.1) is 6.42 Å². The molecule has 0 spiro atoms. The molecule has 1 aromatic rings. The molecule has 2 nitrogen and oxygen atoms in total. The predicted octanol–water partition coefficient (Wildman–Crippen LogP) is 3.22.